The zero-order valence-corrected chi connectivity index (χ0v) is 42.8. The molecule has 4 aromatic carbocycles. The Kier molecular flexibility index (Phi) is 17.0. The Hall–Kier alpha value is -5.20. The fourth-order valence-electron chi connectivity index (χ4n) is 12.0. The van der Waals surface area contributed by atoms with Crippen LogP contribution in [0.1, 0.15) is 95.7 Å². The number of aliphatic hydroxyl groups excluding tert-OH is 4. The number of alkyl halides is 6. The molecule has 0 bridgehead atoms. The topological polar surface area (TPSA) is 125 Å². The summed E-state index contributed by atoms with van der Waals surface area (Å²) in [6, 6.07) is 8.88. The van der Waals surface area contributed by atoms with E-state index in [-0.39, 0.29) is 58.2 Å². The highest BCUT2D eigenvalue weighted by Gasteiger charge is 2.46. The number of hydrogen-bond acceptors (Lipinski definition) is 8. The lowest BCUT2D eigenvalue weighted by Gasteiger charge is -2.43. The van der Waals surface area contributed by atoms with Crippen LogP contribution in [-0.2, 0) is 12.8 Å². The van der Waals surface area contributed by atoms with E-state index in [9.17, 15) is 55.5 Å². The fourth-order valence-corrected chi connectivity index (χ4v) is 12.0. The first kappa shape index (κ1) is 57.5. The van der Waals surface area contributed by atoms with Crippen molar-refractivity contribution in [1.29, 1.82) is 0 Å². The minimum atomic E-state index is -3.55. The zero-order valence-electron chi connectivity index (χ0n) is 42.8. The second-order valence-electron chi connectivity index (χ2n) is 21.5. The maximum Gasteiger partial charge on any atom is 0.283 e. The molecule has 0 radical (unpaired) electrons. The molecule has 0 amide bonds. The number of nitrogens with zero attached hydrogens (tertiary/aromatic N) is 4. The standard InChI is InChI=1S/2C28H31F6N3O2/c2*1-15-8-19-18-4-2-5-20(30)24(18)35-25(19)26(37(15)13-28(33,34)14-38)23-21(31)9-16(10-22(23)32)27(39)17-11-36(12-17)7-3-6-29/h2*2,4-5,9-10,15,17,26-27,35,38-39H,3,6-8,11-14H2,1H3/t15-,26+,27?;15-,26-,27?/m00/s1. The van der Waals surface area contributed by atoms with Gasteiger partial charge in [-0.2, -0.15) is 0 Å². The van der Waals surface area contributed by atoms with Crippen LogP contribution in [0.4, 0.5) is 52.7 Å². The van der Waals surface area contributed by atoms with Crippen molar-refractivity contribution in [1.82, 2.24) is 29.6 Å². The minimum Gasteiger partial charge on any atom is -0.390 e. The number of benzene rings is 4. The molecule has 0 spiro atoms. The van der Waals surface area contributed by atoms with Gasteiger partial charge in [0.15, 0.2) is 0 Å². The van der Waals surface area contributed by atoms with Crippen molar-refractivity contribution < 1.29 is 73.1 Å². The molecule has 6 aromatic rings. The average Bonchev–Trinajstić information content (AvgIpc) is 4.07. The highest BCUT2D eigenvalue weighted by molar-refractivity contribution is 5.87. The van der Waals surface area contributed by atoms with Crippen LogP contribution in [0, 0.1) is 46.7 Å². The summed E-state index contributed by atoms with van der Waals surface area (Å²) in [6.45, 7) is 0.419. The van der Waals surface area contributed by atoms with E-state index in [0.29, 0.717) is 74.0 Å². The third kappa shape index (κ3) is 11.3. The molecule has 10 nitrogen and oxygen atoms in total. The van der Waals surface area contributed by atoms with Crippen LogP contribution < -0.4 is 0 Å². The predicted octanol–water partition coefficient (Wildman–Crippen LogP) is 9.75. The molecule has 424 valence electrons. The van der Waals surface area contributed by atoms with E-state index in [4.69, 9.17) is 0 Å². The van der Waals surface area contributed by atoms with Gasteiger partial charge in [-0.15, -0.1) is 0 Å². The van der Waals surface area contributed by atoms with Gasteiger partial charge in [0.25, 0.3) is 11.8 Å². The fraction of sp³-hybridized carbons (Fsp3) is 0.500. The number of fused-ring (bicyclic) bond motifs is 6. The summed E-state index contributed by atoms with van der Waals surface area (Å²) < 4.78 is 175. The second-order valence-corrected chi connectivity index (χ2v) is 21.5. The Bertz CT molecular complexity index is 2840. The van der Waals surface area contributed by atoms with Gasteiger partial charge in [-0.3, -0.25) is 18.6 Å². The Morgan fingerprint density at radius 3 is 1.22 bits per heavy atom. The van der Waals surface area contributed by atoms with E-state index in [1.807, 2.05) is 9.80 Å². The number of para-hydroxylation sites is 2. The van der Waals surface area contributed by atoms with Crippen LogP contribution in [0.2, 0.25) is 0 Å². The first-order chi connectivity index (χ1) is 37.1. The summed E-state index contributed by atoms with van der Waals surface area (Å²) in [5, 5.41) is 41.0. The number of aromatic nitrogens is 2. The van der Waals surface area contributed by atoms with E-state index in [2.05, 4.69) is 9.97 Å². The number of aromatic amines is 2. The van der Waals surface area contributed by atoms with Gasteiger partial charge in [-0.05, 0) is 98.2 Å². The van der Waals surface area contributed by atoms with E-state index in [0.717, 1.165) is 24.3 Å². The summed E-state index contributed by atoms with van der Waals surface area (Å²) >= 11 is 0. The van der Waals surface area contributed by atoms with Crippen molar-refractivity contribution in [3.63, 3.8) is 0 Å². The Morgan fingerprint density at radius 2 is 0.897 bits per heavy atom. The Balaban J connectivity index is 0.000000190. The lowest BCUT2D eigenvalue weighted by atomic mass is 9.85. The number of hydrogen-bond donors (Lipinski definition) is 6. The smallest absolute Gasteiger partial charge is 0.283 e. The molecule has 6 atom stereocenters. The van der Waals surface area contributed by atoms with Gasteiger partial charge in [0.05, 0.1) is 61.8 Å². The lowest BCUT2D eigenvalue weighted by molar-refractivity contribution is -0.0870. The number of aliphatic hydroxyl groups is 4. The number of likely N-dealkylation sites (tertiary alicyclic amines) is 2. The normalized spacial score (nSPS) is 21.8. The molecule has 2 saturated heterocycles. The summed E-state index contributed by atoms with van der Waals surface area (Å²) in [5.41, 5.74) is 0.830. The van der Waals surface area contributed by atoms with Gasteiger partial charge in [0.1, 0.15) is 48.1 Å². The summed E-state index contributed by atoms with van der Waals surface area (Å²) in [6.07, 6.45) is -1.16. The van der Waals surface area contributed by atoms with Crippen molar-refractivity contribution in [2.24, 2.45) is 11.8 Å². The van der Waals surface area contributed by atoms with Crippen molar-refractivity contribution >= 4 is 21.8 Å². The molecule has 22 heteroatoms. The monoisotopic (exact) mass is 1110 g/mol. The minimum absolute atomic E-state index is 0.0166. The molecule has 0 aliphatic carbocycles. The van der Waals surface area contributed by atoms with Crippen LogP contribution >= 0.6 is 0 Å². The van der Waals surface area contributed by atoms with Crippen molar-refractivity contribution in [3.05, 3.63) is 140 Å². The lowest BCUT2D eigenvalue weighted by Crippen LogP contribution is -2.50. The Morgan fingerprint density at radius 1 is 0.551 bits per heavy atom. The highest BCUT2D eigenvalue weighted by atomic mass is 19.3. The average molecular weight is 1110 g/mol. The van der Waals surface area contributed by atoms with E-state index < -0.39 is 134 Å². The van der Waals surface area contributed by atoms with Crippen LogP contribution in [0.5, 0.6) is 0 Å². The van der Waals surface area contributed by atoms with Crippen LogP contribution in [0.25, 0.3) is 21.8 Å². The molecule has 10 rings (SSSR count). The molecule has 2 aromatic heterocycles. The van der Waals surface area contributed by atoms with Gasteiger partial charge in [0.2, 0.25) is 0 Å². The third-order valence-corrected chi connectivity index (χ3v) is 16.0. The van der Waals surface area contributed by atoms with Crippen LogP contribution in [0.15, 0.2) is 60.7 Å². The van der Waals surface area contributed by atoms with E-state index in [1.165, 1.54) is 34.1 Å². The maximum absolute atomic E-state index is 15.8. The molecule has 4 aliphatic rings. The molecule has 4 aliphatic heterocycles. The van der Waals surface area contributed by atoms with E-state index >= 15 is 17.6 Å². The molecule has 78 heavy (non-hydrogen) atoms. The number of halogens is 12. The van der Waals surface area contributed by atoms with Crippen molar-refractivity contribution in [2.45, 2.75) is 87.8 Å². The zero-order chi connectivity index (χ0) is 56.1. The molecule has 2 fully saturated rings. The molecular weight excluding hydrogens is 1050 g/mol. The number of rotatable bonds is 18. The van der Waals surface area contributed by atoms with Crippen LogP contribution in [0.3, 0.4) is 0 Å². The number of H-pyrrole nitrogens is 2. The molecular formula is C56H62F12N6O4. The van der Waals surface area contributed by atoms with Crippen molar-refractivity contribution in [3.8, 4) is 0 Å². The van der Waals surface area contributed by atoms with Gasteiger partial charge in [-0.1, -0.05) is 24.3 Å². The van der Waals surface area contributed by atoms with Crippen molar-refractivity contribution in [2.75, 3.05) is 78.9 Å². The van der Waals surface area contributed by atoms with Gasteiger partial charge < -0.3 is 40.2 Å². The second kappa shape index (κ2) is 23.1. The molecule has 2 unspecified atom stereocenters. The first-order valence-corrected chi connectivity index (χ1v) is 26.1. The van der Waals surface area contributed by atoms with Gasteiger partial charge >= 0.3 is 0 Å². The third-order valence-electron chi connectivity index (χ3n) is 16.0. The molecule has 6 N–H and O–H groups in total. The maximum atomic E-state index is 15.8. The summed E-state index contributed by atoms with van der Waals surface area (Å²) in [4.78, 5) is 12.1. The summed E-state index contributed by atoms with van der Waals surface area (Å²) in [7, 11) is 0. The number of nitrogens with one attached hydrogen (secondary N) is 2. The Labute approximate surface area is 442 Å². The molecule has 6 heterocycles. The van der Waals surface area contributed by atoms with Gasteiger partial charge in [0, 0.05) is 96.5 Å². The van der Waals surface area contributed by atoms with E-state index in [1.54, 1.807) is 26.0 Å². The molecule has 0 saturated carbocycles. The quantitative estimate of drug-likeness (QED) is 0.0471. The largest absolute Gasteiger partial charge is 0.390 e. The van der Waals surface area contributed by atoms with Gasteiger partial charge in [-0.25, -0.2) is 43.9 Å². The SMILES string of the molecule is C[C@H]1Cc2c([nH]c3c(F)cccc23)[C@@H](c2c(F)cc(C(O)C3CN(CCCF)C3)cc2F)N1CC(F)(F)CO.C[C@H]1Cc2c([nH]c3c(F)cccc23)[C@H](c2c(F)cc(C(O)C3CN(CCCF)C3)cc2F)N1CC(F)(F)CO. The first-order valence-electron chi connectivity index (χ1n) is 26.1. The van der Waals surface area contributed by atoms with Crippen LogP contribution in [-0.4, -0.2) is 153 Å². The summed E-state index contributed by atoms with van der Waals surface area (Å²) in [5.74, 6) is -13.0. The highest BCUT2D eigenvalue weighted by Crippen LogP contribution is 2.47. The predicted molar refractivity (Wildman–Crippen MR) is 268 cm³/mol.